The Hall–Kier alpha value is -2.08. The molecule has 0 radical (unpaired) electrons. The van der Waals surface area contributed by atoms with Gasteiger partial charge in [0.15, 0.2) is 0 Å². The number of morpholine rings is 1. The lowest BCUT2D eigenvalue weighted by atomic mass is 9.95. The van der Waals surface area contributed by atoms with Gasteiger partial charge in [-0.2, -0.15) is 0 Å². The Bertz CT molecular complexity index is 813. The minimum Gasteiger partial charge on any atom is -0.378 e. The Kier molecular flexibility index (Phi) is 6.70. The van der Waals surface area contributed by atoms with E-state index >= 15 is 0 Å². The van der Waals surface area contributed by atoms with Gasteiger partial charge < -0.3 is 15.0 Å². The van der Waals surface area contributed by atoms with E-state index in [1.54, 1.807) is 0 Å². The number of rotatable bonds is 5. The van der Waals surface area contributed by atoms with Crippen molar-refractivity contribution < 1.29 is 9.53 Å². The minimum absolute atomic E-state index is 0.0736. The van der Waals surface area contributed by atoms with Gasteiger partial charge in [0.25, 0.3) is 0 Å². The number of likely N-dealkylation sites (tertiary alicyclic amines) is 1. The van der Waals surface area contributed by atoms with Crippen molar-refractivity contribution in [2.24, 2.45) is 5.92 Å². The molecule has 5 nitrogen and oxygen atoms in total. The van der Waals surface area contributed by atoms with Crippen molar-refractivity contribution in [3.63, 3.8) is 0 Å². The van der Waals surface area contributed by atoms with Gasteiger partial charge in [-0.25, -0.2) is 0 Å². The number of hydrogen-bond donors (Lipinski definition) is 1. The second kappa shape index (κ2) is 9.61. The number of nitrogens with one attached hydrogen (secondary N) is 1. The maximum absolute atomic E-state index is 12.7. The van der Waals surface area contributed by atoms with Gasteiger partial charge in [-0.15, -0.1) is 0 Å². The first-order chi connectivity index (χ1) is 14.2. The Balaban J connectivity index is 1.25. The summed E-state index contributed by atoms with van der Waals surface area (Å²) in [5.74, 6) is 0.205. The quantitative estimate of drug-likeness (QED) is 0.803. The average molecular weight is 414 g/mol. The molecule has 2 aromatic carbocycles. The average Bonchev–Trinajstić information content (AvgIpc) is 2.75. The molecule has 2 aromatic rings. The number of piperidine rings is 1. The van der Waals surface area contributed by atoms with Crippen molar-refractivity contribution in [2.75, 3.05) is 49.6 Å². The smallest absolute Gasteiger partial charge is 0.227 e. The van der Waals surface area contributed by atoms with Crippen LogP contribution < -0.4 is 10.2 Å². The van der Waals surface area contributed by atoms with Crippen LogP contribution in [0.3, 0.4) is 0 Å². The van der Waals surface area contributed by atoms with E-state index in [1.807, 2.05) is 30.3 Å². The van der Waals surface area contributed by atoms with E-state index in [-0.39, 0.29) is 11.8 Å². The van der Waals surface area contributed by atoms with E-state index in [9.17, 15) is 4.79 Å². The molecule has 1 N–H and O–H groups in total. The molecule has 0 aliphatic carbocycles. The summed E-state index contributed by atoms with van der Waals surface area (Å²) in [7, 11) is 0. The van der Waals surface area contributed by atoms with Crippen LogP contribution in [0.5, 0.6) is 0 Å². The highest BCUT2D eigenvalue weighted by Crippen LogP contribution is 2.23. The van der Waals surface area contributed by atoms with Crippen molar-refractivity contribution in [3.8, 4) is 0 Å². The molecule has 0 spiro atoms. The number of carbonyl (C=O) groups excluding carboxylic acids is 1. The third kappa shape index (κ3) is 5.50. The van der Waals surface area contributed by atoms with Gasteiger partial charge in [-0.05, 0) is 67.9 Å². The Morgan fingerprint density at radius 1 is 1.03 bits per heavy atom. The molecule has 2 aliphatic heterocycles. The van der Waals surface area contributed by atoms with Gasteiger partial charge in [0.1, 0.15) is 0 Å². The fourth-order valence-corrected chi connectivity index (χ4v) is 4.28. The zero-order chi connectivity index (χ0) is 20.1. The number of benzene rings is 2. The highest BCUT2D eigenvalue weighted by atomic mass is 35.5. The number of anilines is 2. The first-order valence-corrected chi connectivity index (χ1v) is 10.8. The van der Waals surface area contributed by atoms with Crippen molar-refractivity contribution in [1.29, 1.82) is 0 Å². The number of nitrogens with zero attached hydrogens (tertiary/aromatic N) is 2. The molecular weight excluding hydrogens is 386 g/mol. The Labute approximate surface area is 177 Å². The van der Waals surface area contributed by atoms with Crippen LogP contribution in [0.15, 0.2) is 48.5 Å². The van der Waals surface area contributed by atoms with Crippen molar-refractivity contribution in [3.05, 3.63) is 59.1 Å². The van der Waals surface area contributed by atoms with E-state index in [4.69, 9.17) is 16.3 Å². The van der Waals surface area contributed by atoms with E-state index in [2.05, 4.69) is 33.3 Å². The van der Waals surface area contributed by atoms with Crippen LogP contribution in [0.4, 0.5) is 11.4 Å². The maximum atomic E-state index is 12.7. The fraction of sp³-hybridized carbons (Fsp3) is 0.435. The monoisotopic (exact) mass is 413 g/mol. The summed E-state index contributed by atoms with van der Waals surface area (Å²) in [6.07, 6.45) is 1.77. The topological polar surface area (TPSA) is 44.8 Å². The second-order valence-electron chi connectivity index (χ2n) is 7.82. The Morgan fingerprint density at radius 3 is 2.45 bits per heavy atom. The van der Waals surface area contributed by atoms with Crippen LogP contribution in [0.1, 0.15) is 18.4 Å². The highest BCUT2D eigenvalue weighted by Gasteiger charge is 2.25. The third-order valence-corrected chi connectivity index (χ3v) is 6.00. The van der Waals surface area contributed by atoms with Crippen LogP contribution in [0, 0.1) is 5.92 Å². The molecule has 4 rings (SSSR count). The number of ether oxygens (including phenoxy) is 1. The summed E-state index contributed by atoms with van der Waals surface area (Å²) >= 11 is 6.08. The normalized spacial score (nSPS) is 18.6. The number of hydrogen-bond acceptors (Lipinski definition) is 4. The zero-order valence-electron chi connectivity index (χ0n) is 16.6. The molecule has 0 bridgehead atoms. The zero-order valence-corrected chi connectivity index (χ0v) is 17.4. The molecule has 1 amide bonds. The summed E-state index contributed by atoms with van der Waals surface area (Å²) in [4.78, 5) is 17.4. The van der Waals surface area contributed by atoms with Crippen LogP contribution in [0.2, 0.25) is 5.02 Å². The van der Waals surface area contributed by atoms with Gasteiger partial charge in [-0.1, -0.05) is 23.7 Å². The lowest BCUT2D eigenvalue weighted by molar-refractivity contribution is -0.121. The third-order valence-electron chi connectivity index (χ3n) is 5.76. The van der Waals surface area contributed by atoms with Gasteiger partial charge in [-0.3, -0.25) is 9.69 Å². The van der Waals surface area contributed by atoms with Gasteiger partial charge in [0.2, 0.25) is 5.91 Å². The van der Waals surface area contributed by atoms with E-state index in [0.717, 1.165) is 69.5 Å². The standard InChI is InChI=1S/C23H28ClN3O2/c24-20-3-1-2-18(16-20)17-26-10-8-19(9-11-26)23(28)25-21-4-6-22(7-5-21)27-12-14-29-15-13-27/h1-7,16,19H,8-15,17H2,(H,25,28). The predicted octanol–water partition coefficient (Wildman–Crippen LogP) is 4.03. The van der Waals surface area contributed by atoms with E-state index in [1.165, 1.54) is 11.3 Å². The van der Waals surface area contributed by atoms with Crippen LogP contribution >= 0.6 is 11.6 Å². The molecule has 29 heavy (non-hydrogen) atoms. The summed E-state index contributed by atoms with van der Waals surface area (Å²) in [6.45, 7) is 6.13. The largest absolute Gasteiger partial charge is 0.378 e. The van der Waals surface area contributed by atoms with Gasteiger partial charge >= 0.3 is 0 Å². The summed E-state index contributed by atoms with van der Waals surface area (Å²) in [5.41, 5.74) is 3.27. The van der Waals surface area contributed by atoms with Crippen molar-refractivity contribution in [1.82, 2.24) is 4.90 Å². The number of amides is 1. The van der Waals surface area contributed by atoms with E-state index < -0.39 is 0 Å². The first-order valence-electron chi connectivity index (χ1n) is 10.4. The molecule has 0 saturated carbocycles. The fourth-order valence-electron chi connectivity index (χ4n) is 4.07. The van der Waals surface area contributed by atoms with Crippen molar-refractivity contribution >= 4 is 28.9 Å². The molecule has 2 heterocycles. The molecule has 0 unspecified atom stereocenters. The van der Waals surface area contributed by atoms with Crippen molar-refractivity contribution in [2.45, 2.75) is 19.4 Å². The lowest BCUT2D eigenvalue weighted by Crippen LogP contribution is -2.37. The molecule has 0 aromatic heterocycles. The number of carbonyl (C=O) groups is 1. The van der Waals surface area contributed by atoms with Gasteiger partial charge in [0, 0.05) is 41.9 Å². The highest BCUT2D eigenvalue weighted by molar-refractivity contribution is 6.30. The number of halogens is 1. The molecule has 154 valence electrons. The Morgan fingerprint density at radius 2 is 1.76 bits per heavy atom. The molecule has 2 saturated heterocycles. The van der Waals surface area contributed by atoms with E-state index in [0.29, 0.717) is 0 Å². The van der Waals surface area contributed by atoms with Crippen LogP contribution in [-0.4, -0.2) is 50.2 Å². The molecular formula is C23H28ClN3O2. The molecule has 2 fully saturated rings. The molecule has 2 aliphatic rings. The van der Waals surface area contributed by atoms with Crippen LogP contribution in [0.25, 0.3) is 0 Å². The second-order valence-corrected chi connectivity index (χ2v) is 8.25. The van der Waals surface area contributed by atoms with Gasteiger partial charge in [0.05, 0.1) is 13.2 Å². The van der Waals surface area contributed by atoms with Crippen LogP contribution in [-0.2, 0) is 16.1 Å². The SMILES string of the molecule is O=C(Nc1ccc(N2CCOCC2)cc1)C1CCN(Cc2cccc(Cl)c2)CC1. The molecule has 6 heteroatoms. The summed E-state index contributed by atoms with van der Waals surface area (Å²) in [6, 6.07) is 16.2. The lowest BCUT2D eigenvalue weighted by Gasteiger charge is -2.31. The first kappa shape index (κ1) is 20.2. The maximum Gasteiger partial charge on any atom is 0.227 e. The molecule has 0 atom stereocenters. The summed E-state index contributed by atoms with van der Waals surface area (Å²) in [5, 5.41) is 3.87. The predicted molar refractivity (Wildman–Crippen MR) is 118 cm³/mol. The summed E-state index contributed by atoms with van der Waals surface area (Å²) < 4.78 is 5.40. The minimum atomic E-state index is 0.0736.